The fraction of sp³-hybridized carbons (Fsp3) is 0.364. The Morgan fingerprint density at radius 3 is 2.62 bits per heavy atom. The first-order valence-corrected chi connectivity index (χ1v) is 6.98. The van der Waals surface area contributed by atoms with Gasteiger partial charge in [-0.3, -0.25) is 4.79 Å². The molecule has 0 unspecified atom stereocenters. The van der Waals surface area contributed by atoms with Crippen LogP contribution in [0.4, 0.5) is 0 Å². The number of amides is 1. The van der Waals surface area contributed by atoms with Crippen LogP contribution in [0.1, 0.15) is 24.2 Å². The Labute approximate surface area is 117 Å². The van der Waals surface area contributed by atoms with Crippen LogP contribution in [0.15, 0.2) is 22.7 Å². The molecule has 0 spiro atoms. The number of carbonyl (C=O) groups excluding carboxylic acids is 1. The first-order valence-electron chi connectivity index (χ1n) is 4.69. The predicted molar refractivity (Wildman–Crippen MR) is 74.5 cm³/mol. The van der Waals surface area contributed by atoms with Gasteiger partial charge in [-0.25, -0.2) is 0 Å². The largest absolute Gasteiger partial charge is 0.346 e. The van der Waals surface area contributed by atoms with E-state index < -0.39 is 0 Å². The van der Waals surface area contributed by atoms with Crippen molar-refractivity contribution in [2.75, 3.05) is 5.33 Å². The highest BCUT2D eigenvalue weighted by atomic mass is 79.9. The van der Waals surface area contributed by atoms with E-state index >= 15 is 0 Å². The van der Waals surface area contributed by atoms with Gasteiger partial charge in [-0.05, 0) is 48.0 Å². The van der Waals surface area contributed by atoms with Crippen LogP contribution in [0.5, 0.6) is 0 Å². The Balaban J connectivity index is 2.89. The third-order valence-electron chi connectivity index (χ3n) is 1.96. The van der Waals surface area contributed by atoms with Crippen LogP contribution in [-0.4, -0.2) is 16.8 Å². The van der Waals surface area contributed by atoms with E-state index in [0.717, 1.165) is 0 Å². The van der Waals surface area contributed by atoms with Gasteiger partial charge in [-0.1, -0.05) is 27.5 Å². The summed E-state index contributed by atoms with van der Waals surface area (Å²) in [5, 5.41) is 4.22. The molecule has 1 rings (SSSR count). The first-order chi connectivity index (χ1) is 7.35. The highest BCUT2D eigenvalue weighted by Crippen LogP contribution is 2.22. The zero-order chi connectivity index (χ0) is 12.3. The number of carbonyl (C=O) groups is 1. The second-order valence-electron chi connectivity index (χ2n) is 4.10. The Hall–Kier alpha value is -0.0600. The van der Waals surface area contributed by atoms with E-state index in [9.17, 15) is 4.79 Å². The lowest BCUT2D eigenvalue weighted by atomic mass is 10.1. The topological polar surface area (TPSA) is 29.1 Å². The Kier molecular flexibility index (Phi) is 4.83. The van der Waals surface area contributed by atoms with Crippen LogP contribution < -0.4 is 5.32 Å². The molecular weight excluding hydrogens is 357 g/mol. The molecule has 2 nitrogen and oxygen atoms in total. The quantitative estimate of drug-likeness (QED) is 0.802. The van der Waals surface area contributed by atoms with Crippen LogP contribution >= 0.6 is 43.5 Å². The zero-order valence-electron chi connectivity index (χ0n) is 8.98. The van der Waals surface area contributed by atoms with E-state index in [1.165, 1.54) is 0 Å². The van der Waals surface area contributed by atoms with Crippen molar-refractivity contribution in [3.8, 4) is 0 Å². The number of hydrogen-bond acceptors (Lipinski definition) is 1. The van der Waals surface area contributed by atoms with Crippen molar-refractivity contribution in [1.82, 2.24) is 5.32 Å². The number of rotatable bonds is 3. The van der Waals surface area contributed by atoms with Gasteiger partial charge >= 0.3 is 0 Å². The summed E-state index contributed by atoms with van der Waals surface area (Å²) in [5.74, 6) is -0.118. The standard InChI is InChI=1S/C11H12Br2ClNO/c1-11(2,6-12)15-10(16)8-4-3-7(14)5-9(8)13/h3-5H,6H2,1-2H3,(H,15,16). The molecule has 1 amide bonds. The van der Waals surface area contributed by atoms with E-state index in [-0.39, 0.29) is 11.4 Å². The van der Waals surface area contributed by atoms with Gasteiger partial charge in [0, 0.05) is 20.4 Å². The third-order valence-corrected chi connectivity index (χ3v) is 4.25. The summed E-state index contributed by atoms with van der Waals surface area (Å²) in [6.07, 6.45) is 0. The molecule has 0 heterocycles. The Morgan fingerprint density at radius 2 is 2.12 bits per heavy atom. The molecule has 16 heavy (non-hydrogen) atoms. The number of alkyl halides is 1. The highest BCUT2D eigenvalue weighted by molar-refractivity contribution is 9.10. The molecule has 0 bridgehead atoms. The van der Waals surface area contributed by atoms with E-state index in [4.69, 9.17) is 11.6 Å². The molecule has 0 aliphatic rings. The van der Waals surface area contributed by atoms with Crippen LogP contribution in [0.25, 0.3) is 0 Å². The molecule has 88 valence electrons. The molecule has 0 fully saturated rings. The minimum absolute atomic E-state index is 0.118. The first kappa shape index (κ1) is 14.0. The average molecular weight is 369 g/mol. The fourth-order valence-corrected chi connectivity index (χ4v) is 2.08. The highest BCUT2D eigenvalue weighted by Gasteiger charge is 2.20. The summed E-state index contributed by atoms with van der Waals surface area (Å²) in [6, 6.07) is 5.10. The second kappa shape index (κ2) is 5.52. The average Bonchev–Trinajstić information content (AvgIpc) is 2.16. The summed E-state index contributed by atoms with van der Waals surface area (Å²) < 4.78 is 0.697. The summed E-state index contributed by atoms with van der Waals surface area (Å²) in [5.41, 5.74) is 0.300. The number of halogens is 3. The van der Waals surface area contributed by atoms with Crippen molar-refractivity contribution in [3.05, 3.63) is 33.3 Å². The molecule has 0 aliphatic heterocycles. The molecule has 1 N–H and O–H groups in total. The summed E-state index contributed by atoms with van der Waals surface area (Å²) in [7, 11) is 0. The predicted octanol–water partition coefficient (Wildman–Crippen LogP) is 4.01. The van der Waals surface area contributed by atoms with Gasteiger partial charge in [0.2, 0.25) is 0 Å². The molecular formula is C11H12Br2ClNO. The van der Waals surface area contributed by atoms with E-state index in [2.05, 4.69) is 37.2 Å². The molecule has 0 aliphatic carbocycles. The van der Waals surface area contributed by atoms with Crippen molar-refractivity contribution in [3.63, 3.8) is 0 Å². The smallest absolute Gasteiger partial charge is 0.252 e. The molecule has 0 aromatic heterocycles. The van der Waals surface area contributed by atoms with E-state index in [0.29, 0.717) is 20.4 Å². The lowest BCUT2D eigenvalue weighted by molar-refractivity contribution is 0.0920. The molecule has 0 saturated carbocycles. The van der Waals surface area contributed by atoms with Crippen LogP contribution in [0.2, 0.25) is 5.02 Å². The minimum Gasteiger partial charge on any atom is -0.346 e. The molecule has 1 aromatic carbocycles. The van der Waals surface area contributed by atoms with Crippen LogP contribution in [0.3, 0.4) is 0 Å². The molecule has 1 aromatic rings. The van der Waals surface area contributed by atoms with Crippen molar-refractivity contribution >= 4 is 49.4 Å². The lowest BCUT2D eigenvalue weighted by Crippen LogP contribution is -2.44. The van der Waals surface area contributed by atoms with Gasteiger partial charge in [-0.2, -0.15) is 0 Å². The zero-order valence-corrected chi connectivity index (χ0v) is 12.9. The molecule has 0 radical (unpaired) electrons. The van der Waals surface area contributed by atoms with Gasteiger partial charge in [0.05, 0.1) is 5.56 Å². The monoisotopic (exact) mass is 367 g/mol. The fourth-order valence-electron chi connectivity index (χ4n) is 1.08. The van der Waals surface area contributed by atoms with Crippen molar-refractivity contribution < 1.29 is 4.79 Å². The number of nitrogens with one attached hydrogen (secondary N) is 1. The van der Waals surface area contributed by atoms with Gasteiger partial charge in [0.25, 0.3) is 5.91 Å². The number of hydrogen-bond donors (Lipinski definition) is 1. The Bertz CT molecular complexity index is 407. The molecule has 0 atom stereocenters. The summed E-state index contributed by atoms with van der Waals surface area (Å²) >= 11 is 12.5. The summed E-state index contributed by atoms with van der Waals surface area (Å²) in [6.45, 7) is 3.90. The SMILES string of the molecule is CC(C)(CBr)NC(=O)c1ccc(Cl)cc1Br. The van der Waals surface area contributed by atoms with Crippen LogP contribution in [-0.2, 0) is 0 Å². The van der Waals surface area contributed by atoms with Gasteiger partial charge < -0.3 is 5.32 Å². The van der Waals surface area contributed by atoms with Crippen LogP contribution in [0, 0.1) is 0 Å². The van der Waals surface area contributed by atoms with Gasteiger partial charge in [0.1, 0.15) is 0 Å². The maximum Gasteiger partial charge on any atom is 0.252 e. The minimum atomic E-state index is -0.282. The maximum absolute atomic E-state index is 11.9. The van der Waals surface area contributed by atoms with Crippen molar-refractivity contribution in [2.24, 2.45) is 0 Å². The summed E-state index contributed by atoms with van der Waals surface area (Å²) in [4.78, 5) is 11.9. The second-order valence-corrected chi connectivity index (χ2v) is 5.95. The molecule has 0 saturated heterocycles. The molecule has 5 heteroatoms. The number of benzene rings is 1. The maximum atomic E-state index is 11.9. The van der Waals surface area contributed by atoms with Crippen molar-refractivity contribution in [2.45, 2.75) is 19.4 Å². The van der Waals surface area contributed by atoms with Crippen molar-refractivity contribution in [1.29, 1.82) is 0 Å². The normalized spacial score (nSPS) is 11.3. The Morgan fingerprint density at radius 1 is 1.50 bits per heavy atom. The third kappa shape index (κ3) is 3.75. The van der Waals surface area contributed by atoms with Gasteiger partial charge in [0.15, 0.2) is 0 Å². The lowest BCUT2D eigenvalue weighted by Gasteiger charge is -2.23. The van der Waals surface area contributed by atoms with Gasteiger partial charge in [-0.15, -0.1) is 0 Å². The van der Waals surface area contributed by atoms with E-state index in [1.54, 1.807) is 18.2 Å². The van der Waals surface area contributed by atoms with E-state index in [1.807, 2.05) is 13.8 Å².